The zero-order chi connectivity index (χ0) is 27.9. The highest BCUT2D eigenvalue weighted by Gasteiger charge is 2.18. The molecular weight excluding hydrogens is 522 g/mol. The fraction of sp³-hybridized carbons (Fsp3) is 0.0588. The van der Waals surface area contributed by atoms with E-state index in [1.165, 1.54) is 0 Å². The van der Waals surface area contributed by atoms with Crippen LogP contribution < -0.4 is 14.8 Å². The molecule has 0 fully saturated rings. The molecule has 6 heteroatoms. The molecule has 40 heavy (non-hydrogen) atoms. The minimum Gasteiger partial charge on any atom is -0.496 e. The first-order chi connectivity index (χ1) is 19.5. The van der Waals surface area contributed by atoms with Crippen LogP contribution in [0.5, 0.6) is 11.5 Å². The molecule has 5 nitrogen and oxygen atoms in total. The standard InChI is InChI=1S/C34H26ClNO4/c1-39-32-19-14-26(20-27(32)22-40-29-16-12-24(13-17-29)23-8-4-2-5-9-23)34(38)36-31-18-15-28(35)21-30(31)33(37)25-10-6-3-7-11-25/h2-21H,22H2,1H3,(H,36,38). The van der Waals surface area contributed by atoms with Gasteiger partial charge in [0.1, 0.15) is 18.1 Å². The van der Waals surface area contributed by atoms with Crippen molar-refractivity contribution in [3.05, 3.63) is 149 Å². The molecule has 1 amide bonds. The summed E-state index contributed by atoms with van der Waals surface area (Å²) >= 11 is 6.19. The van der Waals surface area contributed by atoms with Gasteiger partial charge < -0.3 is 14.8 Å². The van der Waals surface area contributed by atoms with E-state index in [-0.39, 0.29) is 18.3 Å². The van der Waals surface area contributed by atoms with Crippen LogP contribution in [0.1, 0.15) is 31.8 Å². The molecule has 0 saturated heterocycles. The summed E-state index contributed by atoms with van der Waals surface area (Å²) in [5.74, 6) is 0.687. The number of hydrogen-bond donors (Lipinski definition) is 1. The predicted octanol–water partition coefficient (Wildman–Crippen LogP) is 8.08. The van der Waals surface area contributed by atoms with E-state index in [9.17, 15) is 9.59 Å². The Morgan fingerprint density at radius 2 is 1.40 bits per heavy atom. The first kappa shape index (κ1) is 26.7. The van der Waals surface area contributed by atoms with Gasteiger partial charge in [0.15, 0.2) is 5.78 Å². The maximum atomic E-state index is 13.3. The summed E-state index contributed by atoms with van der Waals surface area (Å²) in [6, 6.07) is 36.7. The van der Waals surface area contributed by atoms with Crippen molar-refractivity contribution in [2.24, 2.45) is 0 Å². The molecule has 0 saturated carbocycles. The summed E-state index contributed by atoms with van der Waals surface area (Å²) < 4.78 is 11.5. The van der Waals surface area contributed by atoms with Gasteiger partial charge in [-0.2, -0.15) is 0 Å². The topological polar surface area (TPSA) is 64.6 Å². The number of methoxy groups -OCH3 is 1. The summed E-state index contributed by atoms with van der Waals surface area (Å²) in [5.41, 5.74) is 4.51. The molecule has 0 spiro atoms. The zero-order valence-electron chi connectivity index (χ0n) is 21.8. The molecule has 0 aliphatic rings. The lowest BCUT2D eigenvalue weighted by Gasteiger charge is -2.14. The second-order valence-corrected chi connectivity index (χ2v) is 9.48. The minimum atomic E-state index is -0.374. The van der Waals surface area contributed by atoms with Crippen LogP contribution in [0.15, 0.2) is 121 Å². The minimum absolute atomic E-state index is 0.202. The molecule has 198 valence electrons. The van der Waals surface area contributed by atoms with E-state index >= 15 is 0 Å². The lowest BCUT2D eigenvalue weighted by molar-refractivity contribution is 0.102. The number of hydrogen-bond acceptors (Lipinski definition) is 4. The lowest BCUT2D eigenvalue weighted by Crippen LogP contribution is -2.16. The Morgan fingerprint density at radius 3 is 2.10 bits per heavy atom. The molecule has 0 radical (unpaired) electrons. The van der Waals surface area contributed by atoms with Gasteiger partial charge in [-0.25, -0.2) is 0 Å². The number of rotatable bonds is 9. The maximum Gasteiger partial charge on any atom is 0.255 e. The van der Waals surface area contributed by atoms with Crippen LogP contribution in [0.2, 0.25) is 5.02 Å². The quantitative estimate of drug-likeness (QED) is 0.189. The molecular formula is C34H26ClNO4. The number of ether oxygens (including phenoxy) is 2. The Bertz CT molecular complexity index is 1630. The normalized spacial score (nSPS) is 10.6. The fourth-order valence-electron chi connectivity index (χ4n) is 4.32. The molecule has 0 bridgehead atoms. The van der Waals surface area contributed by atoms with Crippen LogP contribution in [0.25, 0.3) is 11.1 Å². The summed E-state index contributed by atoms with van der Waals surface area (Å²) in [4.78, 5) is 26.4. The van der Waals surface area contributed by atoms with Crippen molar-refractivity contribution in [2.75, 3.05) is 12.4 Å². The lowest BCUT2D eigenvalue weighted by atomic mass is 10.0. The monoisotopic (exact) mass is 547 g/mol. The number of halogens is 1. The summed E-state index contributed by atoms with van der Waals surface area (Å²) in [6.07, 6.45) is 0. The van der Waals surface area contributed by atoms with Gasteiger partial charge >= 0.3 is 0 Å². The van der Waals surface area contributed by atoms with E-state index in [4.69, 9.17) is 21.1 Å². The van der Waals surface area contributed by atoms with Crippen molar-refractivity contribution in [1.29, 1.82) is 0 Å². The average molecular weight is 548 g/mol. The van der Waals surface area contributed by atoms with Crippen molar-refractivity contribution in [1.82, 2.24) is 0 Å². The number of amides is 1. The highest BCUT2D eigenvalue weighted by Crippen LogP contribution is 2.27. The number of nitrogens with one attached hydrogen (secondary N) is 1. The van der Waals surface area contributed by atoms with Gasteiger partial charge in [0.05, 0.1) is 12.8 Å². The third-order valence-corrected chi connectivity index (χ3v) is 6.64. The number of carbonyl (C=O) groups excluding carboxylic acids is 2. The van der Waals surface area contributed by atoms with Crippen molar-refractivity contribution >= 4 is 29.0 Å². The van der Waals surface area contributed by atoms with Crippen molar-refractivity contribution < 1.29 is 19.1 Å². The van der Waals surface area contributed by atoms with Gasteiger partial charge in [-0.1, -0.05) is 84.4 Å². The van der Waals surface area contributed by atoms with Crippen LogP contribution in [0, 0.1) is 0 Å². The zero-order valence-corrected chi connectivity index (χ0v) is 22.5. The van der Waals surface area contributed by atoms with E-state index in [1.54, 1.807) is 67.8 Å². The molecule has 0 aromatic heterocycles. The van der Waals surface area contributed by atoms with Crippen molar-refractivity contribution in [3.63, 3.8) is 0 Å². The number of benzene rings is 5. The SMILES string of the molecule is COc1ccc(C(=O)Nc2ccc(Cl)cc2C(=O)c2ccccc2)cc1COc1ccc(-c2ccccc2)cc1. The summed E-state index contributed by atoms with van der Waals surface area (Å²) in [5, 5.41) is 3.27. The van der Waals surface area contributed by atoms with Crippen molar-refractivity contribution in [2.45, 2.75) is 6.61 Å². The van der Waals surface area contributed by atoms with Gasteiger partial charge in [-0.05, 0) is 59.7 Å². The smallest absolute Gasteiger partial charge is 0.255 e. The Morgan fingerprint density at radius 1 is 0.725 bits per heavy atom. The van der Waals surface area contributed by atoms with Crippen LogP contribution >= 0.6 is 11.6 Å². The molecule has 0 atom stereocenters. The second-order valence-electron chi connectivity index (χ2n) is 9.04. The van der Waals surface area contributed by atoms with E-state index in [2.05, 4.69) is 17.4 Å². The Balaban J connectivity index is 1.33. The molecule has 5 rings (SSSR count). The van der Waals surface area contributed by atoms with Crippen LogP contribution in [-0.2, 0) is 6.61 Å². The number of anilines is 1. The summed E-state index contributed by atoms with van der Waals surface area (Å²) in [7, 11) is 1.57. The Kier molecular flexibility index (Phi) is 8.24. The largest absolute Gasteiger partial charge is 0.496 e. The van der Waals surface area contributed by atoms with Crippen LogP contribution in [-0.4, -0.2) is 18.8 Å². The van der Waals surface area contributed by atoms with E-state index in [0.29, 0.717) is 44.5 Å². The van der Waals surface area contributed by atoms with Crippen molar-refractivity contribution in [3.8, 4) is 22.6 Å². The van der Waals surface area contributed by atoms with Crippen LogP contribution in [0.3, 0.4) is 0 Å². The Hall–Kier alpha value is -4.87. The van der Waals surface area contributed by atoms with E-state index in [0.717, 1.165) is 11.1 Å². The van der Waals surface area contributed by atoms with Gasteiger partial charge in [0, 0.05) is 27.3 Å². The van der Waals surface area contributed by atoms with E-state index in [1.807, 2.05) is 48.5 Å². The molecule has 5 aromatic rings. The maximum absolute atomic E-state index is 13.3. The number of ketones is 1. The second kappa shape index (κ2) is 12.3. The van der Waals surface area contributed by atoms with Gasteiger partial charge in [0.2, 0.25) is 0 Å². The highest BCUT2D eigenvalue weighted by atomic mass is 35.5. The first-order valence-corrected chi connectivity index (χ1v) is 13.1. The molecule has 5 aromatic carbocycles. The molecule has 0 unspecified atom stereocenters. The molecule has 0 heterocycles. The fourth-order valence-corrected chi connectivity index (χ4v) is 4.49. The van der Waals surface area contributed by atoms with E-state index < -0.39 is 0 Å². The average Bonchev–Trinajstić information content (AvgIpc) is 3.01. The highest BCUT2D eigenvalue weighted by molar-refractivity contribution is 6.31. The third-order valence-electron chi connectivity index (χ3n) is 6.41. The van der Waals surface area contributed by atoms with Crippen LogP contribution in [0.4, 0.5) is 5.69 Å². The molecule has 0 aliphatic heterocycles. The first-order valence-electron chi connectivity index (χ1n) is 12.7. The molecule has 0 aliphatic carbocycles. The Labute approximate surface area is 238 Å². The number of carbonyl (C=O) groups is 2. The van der Waals surface area contributed by atoms with Gasteiger partial charge in [-0.15, -0.1) is 0 Å². The predicted molar refractivity (Wildman–Crippen MR) is 158 cm³/mol. The summed E-state index contributed by atoms with van der Waals surface area (Å²) in [6.45, 7) is 0.202. The third kappa shape index (κ3) is 6.22. The van der Waals surface area contributed by atoms with Gasteiger partial charge in [0.25, 0.3) is 5.91 Å². The molecule has 1 N–H and O–H groups in total. The van der Waals surface area contributed by atoms with Gasteiger partial charge in [-0.3, -0.25) is 9.59 Å².